The monoisotopic (exact) mass is 223 g/mol. The number of nitrogens with two attached hydrogens (primary N) is 1. The molecule has 1 aromatic rings. The average molecular weight is 223 g/mol. The highest BCUT2D eigenvalue weighted by Gasteiger charge is 2.24. The van der Waals surface area contributed by atoms with E-state index in [1.165, 1.54) is 0 Å². The molecule has 1 aliphatic heterocycles. The van der Waals surface area contributed by atoms with Crippen molar-refractivity contribution in [3.8, 4) is 0 Å². The van der Waals surface area contributed by atoms with Gasteiger partial charge in [-0.2, -0.15) is 5.10 Å². The third-order valence-corrected chi connectivity index (χ3v) is 2.84. The van der Waals surface area contributed by atoms with Gasteiger partial charge in [-0.1, -0.05) is 0 Å². The molecule has 0 saturated carbocycles. The zero-order valence-corrected chi connectivity index (χ0v) is 9.68. The molecular weight excluding hydrogens is 206 g/mol. The first kappa shape index (κ1) is 11.2. The lowest BCUT2D eigenvalue weighted by Crippen LogP contribution is -2.50. The number of aromatic nitrogens is 3. The molecule has 2 N–H and O–H groups in total. The smallest absolute Gasteiger partial charge is 0.246 e. The summed E-state index contributed by atoms with van der Waals surface area (Å²) in [4.78, 5) is 6.51. The van der Waals surface area contributed by atoms with Crippen LogP contribution in [0.15, 0.2) is 0 Å². The normalized spacial score (nSPS) is 21.2. The molecule has 1 atom stereocenters. The highest BCUT2D eigenvalue weighted by atomic mass is 16.5. The van der Waals surface area contributed by atoms with Crippen LogP contribution in [0.1, 0.15) is 11.4 Å². The fraction of sp³-hybridized carbons (Fsp3) is 0.700. The molecule has 6 nitrogen and oxygen atoms in total. The maximum atomic E-state index is 5.70. The Morgan fingerprint density at radius 1 is 1.38 bits per heavy atom. The standard InChI is InChI=1S/C10H17N5O/c1-7-8(2)13-14-10(12-7)15-3-4-16-6-9(15)5-11/h9H,3-6,11H2,1-2H3. The van der Waals surface area contributed by atoms with E-state index >= 15 is 0 Å². The predicted molar refractivity (Wildman–Crippen MR) is 60.3 cm³/mol. The minimum atomic E-state index is 0.151. The van der Waals surface area contributed by atoms with Crippen molar-refractivity contribution in [2.45, 2.75) is 19.9 Å². The second-order valence-corrected chi connectivity index (χ2v) is 3.94. The largest absolute Gasteiger partial charge is 0.377 e. The van der Waals surface area contributed by atoms with E-state index in [4.69, 9.17) is 10.5 Å². The molecule has 88 valence electrons. The van der Waals surface area contributed by atoms with Crippen LogP contribution in [-0.4, -0.2) is 47.5 Å². The maximum Gasteiger partial charge on any atom is 0.246 e. The summed E-state index contributed by atoms with van der Waals surface area (Å²) in [5, 5.41) is 8.20. The van der Waals surface area contributed by atoms with E-state index in [9.17, 15) is 0 Å². The average Bonchev–Trinajstić information content (AvgIpc) is 2.32. The van der Waals surface area contributed by atoms with Crippen molar-refractivity contribution in [2.75, 3.05) is 31.2 Å². The van der Waals surface area contributed by atoms with E-state index in [2.05, 4.69) is 20.1 Å². The molecule has 0 radical (unpaired) electrons. The summed E-state index contributed by atoms with van der Waals surface area (Å²) in [5.41, 5.74) is 7.47. The highest BCUT2D eigenvalue weighted by molar-refractivity contribution is 5.32. The number of nitrogens with zero attached hydrogens (tertiary/aromatic N) is 4. The zero-order valence-electron chi connectivity index (χ0n) is 9.68. The Hall–Kier alpha value is -1.27. The van der Waals surface area contributed by atoms with Crippen LogP contribution in [-0.2, 0) is 4.74 Å². The fourth-order valence-corrected chi connectivity index (χ4v) is 1.68. The van der Waals surface area contributed by atoms with Gasteiger partial charge in [0.05, 0.1) is 30.6 Å². The first-order chi connectivity index (χ1) is 7.72. The van der Waals surface area contributed by atoms with Gasteiger partial charge in [-0.15, -0.1) is 5.10 Å². The molecule has 0 aliphatic carbocycles. The summed E-state index contributed by atoms with van der Waals surface area (Å²) < 4.78 is 5.38. The molecule has 2 heterocycles. The van der Waals surface area contributed by atoms with Gasteiger partial charge < -0.3 is 15.4 Å². The van der Waals surface area contributed by atoms with Gasteiger partial charge in [-0.25, -0.2) is 4.98 Å². The minimum Gasteiger partial charge on any atom is -0.377 e. The topological polar surface area (TPSA) is 77.2 Å². The lowest BCUT2D eigenvalue weighted by Gasteiger charge is -2.34. The maximum absolute atomic E-state index is 5.70. The molecule has 0 bridgehead atoms. The van der Waals surface area contributed by atoms with Crippen LogP contribution in [0.4, 0.5) is 5.95 Å². The summed E-state index contributed by atoms with van der Waals surface area (Å²) in [6.45, 7) is 6.46. The molecular formula is C10H17N5O. The number of morpholine rings is 1. The number of anilines is 1. The van der Waals surface area contributed by atoms with Gasteiger partial charge in [0.25, 0.3) is 0 Å². The summed E-state index contributed by atoms with van der Waals surface area (Å²) in [6.07, 6.45) is 0. The Morgan fingerprint density at radius 2 is 2.19 bits per heavy atom. The third kappa shape index (κ3) is 2.12. The third-order valence-electron chi connectivity index (χ3n) is 2.84. The summed E-state index contributed by atoms with van der Waals surface area (Å²) in [6, 6.07) is 0.151. The van der Waals surface area contributed by atoms with Crippen molar-refractivity contribution in [1.29, 1.82) is 0 Å². The second kappa shape index (κ2) is 4.71. The Labute approximate surface area is 94.8 Å². The lowest BCUT2D eigenvalue weighted by molar-refractivity contribution is 0.0952. The lowest BCUT2D eigenvalue weighted by atomic mass is 10.2. The first-order valence-electron chi connectivity index (χ1n) is 5.44. The van der Waals surface area contributed by atoms with Crippen LogP contribution >= 0.6 is 0 Å². The Morgan fingerprint density at radius 3 is 2.88 bits per heavy atom. The van der Waals surface area contributed by atoms with Gasteiger partial charge in [0.1, 0.15) is 0 Å². The van der Waals surface area contributed by atoms with Crippen molar-refractivity contribution in [3.05, 3.63) is 11.4 Å². The molecule has 2 rings (SSSR count). The van der Waals surface area contributed by atoms with E-state index in [1.807, 2.05) is 13.8 Å². The molecule has 1 aliphatic rings. The van der Waals surface area contributed by atoms with E-state index in [1.54, 1.807) is 0 Å². The van der Waals surface area contributed by atoms with E-state index in [0.717, 1.165) is 17.9 Å². The van der Waals surface area contributed by atoms with Gasteiger partial charge in [0.2, 0.25) is 5.95 Å². The van der Waals surface area contributed by atoms with Gasteiger partial charge in [0, 0.05) is 13.1 Å². The van der Waals surface area contributed by atoms with Crippen LogP contribution < -0.4 is 10.6 Å². The van der Waals surface area contributed by atoms with Crippen LogP contribution in [0.2, 0.25) is 0 Å². The van der Waals surface area contributed by atoms with E-state index in [-0.39, 0.29) is 6.04 Å². The quantitative estimate of drug-likeness (QED) is 0.738. The summed E-state index contributed by atoms with van der Waals surface area (Å²) >= 11 is 0. The predicted octanol–water partition coefficient (Wildman–Crippen LogP) is -0.348. The second-order valence-electron chi connectivity index (χ2n) is 3.94. The molecule has 1 unspecified atom stereocenters. The molecule has 16 heavy (non-hydrogen) atoms. The molecule has 1 fully saturated rings. The van der Waals surface area contributed by atoms with Crippen molar-refractivity contribution in [3.63, 3.8) is 0 Å². The van der Waals surface area contributed by atoms with Crippen LogP contribution in [0.25, 0.3) is 0 Å². The van der Waals surface area contributed by atoms with Gasteiger partial charge in [0.15, 0.2) is 0 Å². The summed E-state index contributed by atoms with van der Waals surface area (Å²) in [5.74, 6) is 0.654. The molecule has 0 amide bonds. The Bertz CT molecular complexity index is 370. The molecule has 1 saturated heterocycles. The van der Waals surface area contributed by atoms with Crippen LogP contribution in [0.3, 0.4) is 0 Å². The Kier molecular flexibility index (Phi) is 3.31. The number of aryl methyl sites for hydroxylation is 2. The minimum absolute atomic E-state index is 0.151. The van der Waals surface area contributed by atoms with Gasteiger partial charge >= 0.3 is 0 Å². The van der Waals surface area contributed by atoms with Gasteiger partial charge in [-0.3, -0.25) is 0 Å². The molecule has 6 heteroatoms. The number of hydrogen-bond acceptors (Lipinski definition) is 6. The number of rotatable bonds is 2. The number of ether oxygens (including phenoxy) is 1. The van der Waals surface area contributed by atoms with Crippen molar-refractivity contribution in [2.24, 2.45) is 5.73 Å². The first-order valence-corrected chi connectivity index (χ1v) is 5.44. The molecule has 1 aromatic heterocycles. The Balaban J connectivity index is 2.23. The van der Waals surface area contributed by atoms with Crippen LogP contribution in [0, 0.1) is 13.8 Å². The van der Waals surface area contributed by atoms with E-state index < -0.39 is 0 Å². The van der Waals surface area contributed by atoms with Crippen molar-refractivity contribution >= 4 is 5.95 Å². The van der Waals surface area contributed by atoms with Gasteiger partial charge in [-0.05, 0) is 13.8 Å². The highest BCUT2D eigenvalue weighted by Crippen LogP contribution is 2.14. The van der Waals surface area contributed by atoms with Crippen LogP contribution in [0.5, 0.6) is 0 Å². The molecule has 0 aromatic carbocycles. The van der Waals surface area contributed by atoms with Crippen molar-refractivity contribution in [1.82, 2.24) is 15.2 Å². The molecule has 0 spiro atoms. The number of hydrogen-bond donors (Lipinski definition) is 1. The van der Waals surface area contributed by atoms with E-state index in [0.29, 0.717) is 25.7 Å². The van der Waals surface area contributed by atoms with Crippen molar-refractivity contribution < 1.29 is 4.74 Å². The SMILES string of the molecule is Cc1nnc(N2CCOCC2CN)nc1C. The summed E-state index contributed by atoms with van der Waals surface area (Å²) in [7, 11) is 0. The zero-order chi connectivity index (χ0) is 11.5. The fourth-order valence-electron chi connectivity index (χ4n) is 1.68.